The summed E-state index contributed by atoms with van der Waals surface area (Å²) in [5.41, 5.74) is 3.72. The van der Waals surface area contributed by atoms with Gasteiger partial charge in [0.2, 0.25) is 0 Å². The van der Waals surface area contributed by atoms with Crippen LogP contribution in [0.25, 0.3) is 10.9 Å². The molecule has 1 N–H and O–H groups in total. The van der Waals surface area contributed by atoms with Gasteiger partial charge in [0.25, 0.3) is 0 Å². The van der Waals surface area contributed by atoms with Crippen LogP contribution in [0.5, 0.6) is 0 Å². The van der Waals surface area contributed by atoms with Crippen molar-refractivity contribution in [1.29, 1.82) is 0 Å². The molecule has 0 atom stereocenters. The minimum Gasteiger partial charge on any atom is -0.311 e. The van der Waals surface area contributed by atoms with E-state index >= 15 is 0 Å². The molecule has 1 aromatic carbocycles. The number of benzene rings is 1. The van der Waals surface area contributed by atoms with Crippen molar-refractivity contribution in [3.05, 3.63) is 41.6 Å². The molecule has 3 nitrogen and oxygen atoms in total. The summed E-state index contributed by atoms with van der Waals surface area (Å²) in [6.45, 7) is 11.7. The number of nitrogens with zero attached hydrogens (tertiary/aromatic N) is 2. The molecular weight excluding hydrogens is 258 g/mol. The van der Waals surface area contributed by atoms with Gasteiger partial charge in [-0.05, 0) is 52.4 Å². The van der Waals surface area contributed by atoms with Gasteiger partial charge in [-0.1, -0.05) is 18.2 Å². The van der Waals surface area contributed by atoms with Crippen molar-refractivity contribution in [2.24, 2.45) is 0 Å². The van der Waals surface area contributed by atoms with Gasteiger partial charge in [-0.25, -0.2) is 0 Å². The molecule has 0 fully saturated rings. The predicted molar refractivity (Wildman–Crippen MR) is 90.6 cm³/mol. The monoisotopic (exact) mass is 285 g/mol. The highest BCUT2D eigenvalue weighted by Crippen LogP contribution is 2.19. The minimum atomic E-state index is 0.181. The predicted octanol–water partition coefficient (Wildman–Crippen LogP) is 3.36. The molecule has 0 bridgehead atoms. The van der Waals surface area contributed by atoms with Crippen LogP contribution in [0.4, 0.5) is 0 Å². The topological polar surface area (TPSA) is 28.2 Å². The minimum absolute atomic E-state index is 0.181. The van der Waals surface area contributed by atoms with Crippen LogP contribution < -0.4 is 5.32 Å². The summed E-state index contributed by atoms with van der Waals surface area (Å²) < 4.78 is 0. The average molecular weight is 285 g/mol. The van der Waals surface area contributed by atoms with E-state index in [2.05, 4.69) is 80.3 Å². The Hall–Kier alpha value is -1.45. The van der Waals surface area contributed by atoms with E-state index in [9.17, 15) is 0 Å². The van der Waals surface area contributed by atoms with E-state index in [-0.39, 0.29) is 5.54 Å². The maximum Gasteiger partial charge on any atom is 0.0708 e. The van der Waals surface area contributed by atoms with Crippen molar-refractivity contribution in [3.63, 3.8) is 0 Å². The molecule has 0 saturated carbocycles. The zero-order valence-electron chi connectivity index (χ0n) is 13.9. The lowest BCUT2D eigenvalue weighted by Gasteiger charge is -2.24. The van der Waals surface area contributed by atoms with Crippen LogP contribution in [-0.4, -0.2) is 35.6 Å². The third-order valence-corrected chi connectivity index (χ3v) is 3.52. The Labute approximate surface area is 128 Å². The van der Waals surface area contributed by atoms with Gasteiger partial charge >= 0.3 is 0 Å². The zero-order valence-corrected chi connectivity index (χ0v) is 13.9. The molecule has 21 heavy (non-hydrogen) atoms. The first-order valence-electron chi connectivity index (χ1n) is 7.64. The third-order valence-electron chi connectivity index (χ3n) is 3.52. The van der Waals surface area contributed by atoms with Crippen LogP contribution in [-0.2, 0) is 6.54 Å². The number of para-hydroxylation sites is 1. The molecule has 0 aliphatic rings. The first-order valence-corrected chi connectivity index (χ1v) is 7.64. The molecule has 2 aromatic rings. The van der Waals surface area contributed by atoms with Gasteiger partial charge in [-0.15, -0.1) is 0 Å². The Morgan fingerprint density at radius 1 is 1.19 bits per heavy atom. The van der Waals surface area contributed by atoms with Crippen LogP contribution in [0.3, 0.4) is 0 Å². The molecule has 1 heterocycles. The van der Waals surface area contributed by atoms with Gasteiger partial charge in [-0.2, -0.15) is 0 Å². The van der Waals surface area contributed by atoms with E-state index in [1.54, 1.807) is 0 Å². The summed E-state index contributed by atoms with van der Waals surface area (Å²) in [4.78, 5) is 6.97. The number of hydrogen-bond donors (Lipinski definition) is 1. The van der Waals surface area contributed by atoms with Gasteiger partial charge in [-0.3, -0.25) is 4.98 Å². The fourth-order valence-electron chi connectivity index (χ4n) is 2.52. The second kappa shape index (κ2) is 6.54. The maximum atomic E-state index is 4.61. The molecule has 2 rings (SSSR count). The van der Waals surface area contributed by atoms with Gasteiger partial charge < -0.3 is 10.2 Å². The number of likely N-dealkylation sites (N-methyl/N-ethyl adjacent to an activating group) is 1. The highest BCUT2D eigenvalue weighted by Gasteiger charge is 2.10. The van der Waals surface area contributed by atoms with Crippen LogP contribution >= 0.6 is 0 Å². The number of fused-ring (bicyclic) bond motifs is 1. The number of nitrogens with one attached hydrogen (secondary N) is 1. The van der Waals surface area contributed by atoms with E-state index in [1.165, 1.54) is 10.9 Å². The van der Waals surface area contributed by atoms with E-state index in [1.807, 2.05) is 0 Å². The van der Waals surface area contributed by atoms with E-state index < -0.39 is 0 Å². The van der Waals surface area contributed by atoms with Crippen molar-refractivity contribution in [1.82, 2.24) is 15.2 Å². The fraction of sp³-hybridized carbons (Fsp3) is 0.500. The van der Waals surface area contributed by atoms with E-state index in [0.29, 0.717) is 0 Å². The number of rotatable bonds is 5. The van der Waals surface area contributed by atoms with E-state index in [0.717, 1.165) is 30.8 Å². The Balaban J connectivity index is 2.05. The summed E-state index contributed by atoms with van der Waals surface area (Å²) in [5.74, 6) is 0. The molecule has 0 unspecified atom stereocenters. The first kappa shape index (κ1) is 15.9. The maximum absolute atomic E-state index is 4.61. The molecule has 3 heteroatoms. The SMILES string of the molecule is Cc1cc(CN(C)CCNC(C)(C)C)c2ccccc2n1. The molecule has 0 aliphatic carbocycles. The molecule has 0 radical (unpaired) electrons. The second-order valence-electron chi connectivity index (χ2n) is 6.85. The van der Waals surface area contributed by atoms with Gasteiger partial charge in [0.15, 0.2) is 0 Å². The highest BCUT2D eigenvalue weighted by molar-refractivity contribution is 5.82. The Bertz CT molecular complexity index is 599. The van der Waals surface area contributed by atoms with Crippen LogP contribution in [0.1, 0.15) is 32.0 Å². The average Bonchev–Trinajstić information content (AvgIpc) is 2.36. The summed E-state index contributed by atoms with van der Waals surface area (Å²) in [7, 11) is 2.18. The van der Waals surface area contributed by atoms with Crippen molar-refractivity contribution in [2.45, 2.75) is 39.8 Å². The normalized spacial score (nSPS) is 12.3. The number of hydrogen-bond acceptors (Lipinski definition) is 3. The van der Waals surface area contributed by atoms with Crippen molar-refractivity contribution >= 4 is 10.9 Å². The lowest BCUT2D eigenvalue weighted by Crippen LogP contribution is -2.40. The second-order valence-corrected chi connectivity index (χ2v) is 6.85. The smallest absolute Gasteiger partial charge is 0.0708 e. The number of pyridine rings is 1. The number of aryl methyl sites for hydroxylation is 1. The molecular formula is C18H27N3. The van der Waals surface area contributed by atoms with Crippen LogP contribution in [0.15, 0.2) is 30.3 Å². The van der Waals surface area contributed by atoms with E-state index in [4.69, 9.17) is 0 Å². The lowest BCUT2D eigenvalue weighted by atomic mass is 10.1. The van der Waals surface area contributed by atoms with Gasteiger partial charge in [0.1, 0.15) is 0 Å². The first-order chi connectivity index (χ1) is 9.85. The van der Waals surface area contributed by atoms with Gasteiger partial charge in [0.05, 0.1) is 5.52 Å². The molecule has 0 spiro atoms. The van der Waals surface area contributed by atoms with Crippen molar-refractivity contribution in [3.8, 4) is 0 Å². The standard InChI is InChI=1S/C18H27N3/c1-14-12-15(16-8-6-7-9-17(16)20-14)13-21(5)11-10-19-18(2,3)4/h6-9,12,19H,10-11,13H2,1-5H3. The Morgan fingerprint density at radius 3 is 2.62 bits per heavy atom. The summed E-state index contributed by atoms with van der Waals surface area (Å²) in [5, 5.41) is 4.80. The lowest BCUT2D eigenvalue weighted by molar-refractivity contribution is 0.304. The molecule has 114 valence electrons. The van der Waals surface area contributed by atoms with Crippen LogP contribution in [0, 0.1) is 6.92 Å². The third kappa shape index (κ3) is 4.80. The molecule has 1 aromatic heterocycles. The molecule has 0 aliphatic heterocycles. The van der Waals surface area contributed by atoms with Crippen LogP contribution in [0.2, 0.25) is 0 Å². The highest BCUT2D eigenvalue weighted by atomic mass is 15.1. The Kier molecular flexibility index (Phi) is 4.96. The molecule has 0 saturated heterocycles. The quantitative estimate of drug-likeness (QED) is 0.913. The fourth-order valence-corrected chi connectivity index (χ4v) is 2.52. The molecule has 0 amide bonds. The largest absolute Gasteiger partial charge is 0.311 e. The summed E-state index contributed by atoms with van der Waals surface area (Å²) >= 11 is 0. The van der Waals surface area contributed by atoms with Crippen molar-refractivity contribution < 1.29 is 0 Å². The number of aromatic nitrogens is 1. The zero-order chi connectivity index (χ0) is 15.5. The van der Waals surface area contributed by atoms with Crippen molar-refractivity contribution in [2.75, 3.05) is 20.1 Å². The summed E-state index contributed by atoms with van der Waals surface area (Å²) in [6, 6.07) is 10.6. The van der Waals surface area contributed by atoms with Gasteiger partial charge in [0, 0.05) is 36.3 Å². The Morgan fingerprint density at radius 2 is 1.90 bits per heavy atom. The summed E-state index contributed by atoms with van der Waals surface area (Å²) in [6.07, 6.45) is 0.